The molecule has 4 rings (SSSR count). The van der Waals surface area contributed by atoms with Crippen LogP contribution in [0, 0.1) is 6.92 Å². The lowest BCUT2D eigenvalue weighted by Crippen LogP contribution is -2.37. The first-order chi connectivity index (χ1) is 14.7. The zero-order valence-corrected chi connectivity index (χ0v) is 19.5. The van der Waals surface area contributed by atoms with E-state index in [-0.39, 0.29) is 9.79 Å². The van der Waals surface area contributed by atoms with Crippen LogP contribution in [0.3, 0.4) is 0 Å². The van der Waals surface area contributed by atoms with Gasteiger partial charge in [0.1, 0.15) is 10.6 Å². The molecule has 2 aromatic rings. The van der Waals surface area contributed by atoms with E-state index in [0.717, 1.165) is 30.4 Å². The van der Waals surface area contributed by atoms with Crippen molar-refractivity contribution < 1.29 is 21.6 Å². The molecule has 0 aliphatic carbocycles. The number of rotatable bonds is 5. The van der Waals surface area contributed by atoms with Crippen LogP contribution in [0.5, 0.6) is 5.75 Å². The fraction of sp³-hybridized carbons (Fsp3) is 0.455. The molecule has 1 saturated heterocycles. The molecule has 2 aliphatic heterocycles. The zero-order chi connectivity index (χ0) is 22.2. The van der Waals surface area contributed by atoms with Crippen LogP contribution in [0.4, 0.5) is 5.69 Å². The fourth-order valence-electron chi connectivity index (χ4n) is 4.31. The summed E-state index contributed by atoms with van der Waals surface area (Å²) in [6, 6.07) is 9.88. The lowest BCUT2D eigenvalue weighted by atomic mass is 10.0. The van der Waals surface area contributed by atoms with Gasteiger partial charge in [-0.05, 0) is 74.1 Å². The van der Waals surface area contributed by atoms with Crippen LogP contribution in [0.15, 0.2) is 46.2 Å². The quantitative estimate of drug-likeness (QED) is 0.678. The average molecular weight is 465 g/mol. The molecular formula is C22H28N2O5S2. The van der Waals surface area contributed by atoms with Crippen LogP contribution in [-0.2, 0) is 26.5 Å². The highest BCUT2D eigenvalue weighted by Crippen LogP contribution is 2.37. The van der Waals surface area contributed by atoms with Crippen LogP contribution in [0.25, 0.3) is 0 Å². The van der Waals surface area contributed by atoms with Crippen LogP contribution < -0.4 is 9.04 Å². The summed E-state index contributed by atoms with van der Waals surface area (Å²) in [6.45, 7) is 3.24. The van der Waals surface area contributed by atoms with Gasteiger partial charge < -0.3 is 4.74 Å². The van der Waals surface area contributed by atoms with E-state index in [1.165, 1.54) is 21.8 Å². The van der Waals surface area contributed by atoms with Crippen molar-refractivity contribution in [3.05, 3.63) is 47.5 Å². The molecule has 9 heteroatoms. The number of aryl methyl sites for hydroxylation is 2. The van der Waals surface area contributed by atoms with Gasteiger partial charge >= 0.3 is 0 Å². The number of hydrogen-bond donors (Lipinski definition) is 0. The molecule has 31 heavy (non-hydrogen) atoms. The average Bonchev–Trinajstić information content (AvgIpc) is 2.78. The molecule has 0 aromatic heterocycles. The van der Waals surface area contributed by atoms with E-state index in [2.05, 4.69) is 0 Å². The lowest BCUT2D eigenvalue weighted by Gasteiger charge is -2.32. The summed E-state index contributed by atoms with van der Waals surface area (Å²) >= 11 is 0. The van der Waals surface area contributed by atoms with Gasteiger partial charge in [0.25, 0.3) is 10.0 Å². The Morgan fingerprint density at radius 1 is 0.839 bits per heavy atom. The van der Waals surface area contributed by atoms with E-state index in [1.54, 1.807) is 30.3 Å². The largest absolute Gasteiger partial charge is 0.495 e. The lowest BCUT2D eigenvalue weighted by molar-refractivity contribution is 0.346. The Bertz CT molecular complexity index is 1190. The Morgan fingerprint density at radius 2 is 1.58 bits per heavy atom. The van der Waals surface area contributed by atoms with Crippen LogP contribution in [-0.4, -0.2) is 47.9 Å². The summed E-state index contributed by atoms with van der Waals surface area (Å²) in [5.74, 6) is 0.294. The Balaban J connectivity index is 1.73. The van der Waals surface area contributed by atoms with Crippen molar-refractivity contribution in [3.63, 3.8) is 0 Å². The number of benzene rings is 2. The minimum absolute atomic E-state index is 0.118. The van der Waals surface area contributed by atoms with E-state index in [1.807, 2.05) is 6.92 Å². The fourth-order valence-corrected chi connectivity index (χ4v) is 7.66. The molecule has 0 N–H and O–H groups in total. The first-order valence-electron chi connectivity index (χ1n) is 10.6. The number of piperidine rings is 1. The number of methoxy groups -OCH3 is 1. The van der Waals surface area contributed by atoms with Gasteiger partial charge in [0.05, 0.1) is 17.7 Å². The summed E-state index contributed by atoms with van der Waals surface area (Å²) < 4.78 is 61.4. The molecule has 7 nitrogen and oxygen atoms in total. The van der Waals surface area contributed by atoms with E-state index >= 15 is 0 Å². The molecule has 2 aromatic carbocycles. The molecule has 0 unspecified atom stereocenters. The first kappa shape index (κ1) is 22.1. The van der Waals surface area contributed by atoms with Gasteiger partial charge in [-0.3, -0.25) is 4.31 Å². The number of ether oxygens (including phenoxy) is 1. The summed E-state index contributed by atoms with van der Waals surface area (Å²) in [6.07, 6.45) is 4.04. The Hall–Kier alpha value is -2.10. The highest BCUT2D eigenvalue weighted by atomic mass is 32.2. The normalized spacial score (nSPS) is 17.9. The zero-order valence-electron chi connectivity index (χ0n) is 17.9. The third-order valence-electron chi connectivity index (χ3n) is 5.97. The molecule has 168 valence electrons. The summed E-state index contributed by atoms with van der Waals surface area (Å²) in [7, 11) is -5.98. The molecule has 0 spiro atoms. The van der Waals surface area contributed by atoms with Crippen molar-refractivity contribution >= 4 is 25.7 Å². The molecule has 0 atom stereocenters. The SMILES string of the molecule is COc1ccc(C)cc1S(=O)(=O)N1CCCc2cc(S(=O)(=O)N3CCCCC3)ccc21. The number of anilines is 1. The summed E-state index contributed by atoms with van der Waals surface area (Å²) in [5, 5.41) is 0. The Kier molecular flexibility index (Phi) is 6.02. The highest BCUT2D eigenvalue weighted by molar-refractivity contribution is 7.93. The van der Waals surface area contributed by atoms with Crippen LogP contribution >= 0.6 is 0 Å². The first-order valence-corrected chi connectivity index (χ1v) is 13.4. The second-order valence-corrected chi connectivity index (χ2v) is 11.9. The van der Waals surface area contributed by atoms with Crippen LogP contribution in [0.2, 0.25) is 0 Å². The van der Waals surface area contributed by atoms with Crippen LogP contribution in [0.1, 0.15) is 36.8 Å². The third kappa shape index (κ3) is 4.06. The number of hydrogen-bond acceptors (Lipinski definition) is 5. The predicted octanol–water partition coefficient (Wildman–Crippen LogP) is 3.32. The molecule has 0 radical (unpaired) electrons. The third-order valence-corrected chi connectivity index (χ3v) is 9.70. The summed E-state index contributed by atoms with van der Waals surface area (Å²) in [4.78, 5) is 0.355. The van der Waals surface area contributed by atoms with Gasteiger partial charge in [-0.1, -0.05) is 12.5 Å². The second kappa shape index (κ2) is 8.44. The molecular weight excluding hydrogens is 436 g/mol. The molecule has 0 amide bonds. The van der Waals surface area contributed by atoms with E-state index < -0.39 is 20.0 Å². The molecule has 2 aliphatic rings. The number of nitrogens with zero attached hydrogens (tertiary/aromatic N) is 2. The topological polar surface area (TPSA) is 84.0 Å². The van der Waals surface area contributed by atoms with Crippen molar-refractivity contribution in [1.82, 2.24) is 4.31 Å². The highest BCUT2D eigenvalue weighted by Gasteiger charge is 2.33. The molecule has 0 saturated carbocycles. The maximum Gasteiger partial charge on any atom is 0.268 e. The van der Waals surface area contributed by atoms with Crippen molar-refractivity contribution in [2.45, 2.75) is 48.8 Å². The molecule has 1 fully saturated rings. The minimum Gasteiger partial charge on any atom is -0.495 e. The van der Waals surface area contributed by atoms with Gasteiger partial charge in [0.2, 0.25) is 10.0 Å². The van der Waals surface area contributed by atoms with Gasteiger partial charge in [-0.15, -0.1) is 0 Å². The van der Waals surface area contributed by atoms with E-state index in [4.69, 9.17) is 4.74 Å². The molecule has 0 bridgehead atoms. The van der Waals surface area contributed by atoms with Crippen molar-refractivity contribution in [3.8, 4) is 5.75 Å². The maximum absolute atomic E-state index is 13.5. The maximum atomic E-state index is 13.5. The predicted molar refractivity (Wildman–Crippen MR) is 120 cm³/mol. The van der Waals surface area contributed by atoms with Gasteiger partial charge in [0.15, 0.2) is 0 Å². The van der Waals surface area contributed by atoms with E-state index in [0.29, 0.717) is 43.9 Å². The number of fused-ring (bicyclic) bond motifs is 1. The van der Waals surface area contributed by atoms with Gasteiger partial charge in [-0.2, -0.15) is 4.31 Å². The van der Waals surface area contributed by atoms with Crippen molar-refractivity contribution in [1.29, 1.82) is 0 Å². The smallest absolute Gasteiger partial charge is 0.268 e. The van der Waals surface area contributed by atoms with E-state index in [9.17, 15) is 16.8 Å². The monoisotopic (exact) mass is 464 g/mol. The Morgan fingerprint density at radius 3 is 2.29 bits per heavy atom. The molecule has 2 heterocycles. The summed E-state index contributed by atoms with van der Waals surface area (Å²) in [5.41, 5.74) is 2.09. The Labute approximate surface area is 184 Å². The van der Waals surface area contributed by atoms with Crippen molar-refractivity contribution in [2.24, 2.45) is 0 Å². The standard InChI is InChI=1S/C22H28N2O5S2/c1-17-8-11-21(29-2)22(15-17)31(27,28)24-14-6-7-18-16-19(9-10-20(18)24)30(25,26)23-12-4-3-5-13-23/h8-11,15-16H,3-7,12-14H2,1-2H3. The number of sulfonamides is 2. The van der Waals surface area contributed by atoms with Gasteiger partial charge in [-0.25, -0.2) is 16.8 Å². The van der Waals surface area contributed by atoms with Crippen molar-refractivity contribution in [2.75, 3.05) is 31.0 Å². The van der Waals surface area contributed by atoms with Gasteiger partial charge in [0, 0.05) is 19.6 Å². The minimum atomic E-state index is -3.86. The second-order valence-electron chi connectivity index (χ2n) is 8.09.